The van der Waals surface area contributed by atoms with Crippen molar-refractivity contribution < 1.29 is 4.21 Å². The first-order valence-corrected chi connectivity index (χ1v) is 7.16. The summed E-state index contributed by atoms with van der Waals surface area (Å²) >= 11 is 0. The molecule has 0 atom stereocenters. The first kappa shape index (κ1) is 11.6. The van der Waals surface area contributed by atoms with Crippen LogP contribution in [-0.4, -0.2) is 21.8 Å². The molecule has 0 spiro atoms. The molecule has 1 aliphatic heterocycles. The number of nitrogen functional groups attached to an aromatic ring is 1. The second-order valence-electron chi connectivity index (χ2n) is 4.20. The number of nitrogens with two attached hydrogens (primary N) is 1. The lowest BCUT2D eigenvalue weighted by atomic mass is 10.1. The molecule has 0 radical (unpaired) electrons. The van der Waals surface area contributed by atoms with E-state index < -0.39 is 10.8 Å². The molecular formula is C12H18N2OS. The van der Waals surface area contributed by atoms with Crippen LogP contribution in [0.3, 0.4) is 0 Å². The smallest absolute Gasteiger partial charge is 0.0359 e. The van der Waals surface area contributed by atoms with Gasteiger partial charge in [-0.25, -0.2) is 0 Å². The van der Waals surface area contributed by atoms with Gasteiger partial charge in [0.1, 0.15) is 0 Å². The lowest BCUT2D eigenvalue weighted by Crippen LogP contribution is -2.35. The van der Waals surface area contributed by atoms with Crippen LogP contribution in [0.15, 0.2) is 24.3 Å². The largest absolute Gasteiger partial charge is 0.398 e. The first-order valence-electron chi connectivity index (χ1n) is 5.67. The van der Waals surface area contributed by atoms with Crippen molar-refractivity contribution in [1.82, 2.24) is 5.32 Å². The van der Waals surface area contributed by atoms with Crippen LogP contribution in [0.1, 0.15) is 18.4 Å². The van der Waals surface area contributed by atoms with E-state index in [0.717, 1.165) is 42.1 Å². The van der Waals surface area contributed by atoms with Crippen molar-refractivity contribution in [2.45, 2.75) is 25.4 Å². The van der Waals surface area contributed by atoms with Crippen LogP contribution in [0, 0.1) is 0 Å². The number of benzene rings is 1. The lowest BCUT2D eigenvalue weighted by Gasteiger charge is -2.22. The summed E-state index contributed by atoms with van der Waals surface area (Å²) in [4.78, 5) is 0. The number of hydrogen-bond donors (Lipinski definition) is 2. The van der Waals surface area contributed by atoms with Crippen LogP contribution >= 0.6 is 0 Å². The Kier molecular flexibility index (Phi) is 3.96. The van der Waals surface area contributed by atoms with E-state index in [4.69, 9.17) is 5.73 Å². The van der Waals surface area contributed by atoms with Gasteiger partial charge in [-0.3, -0.25) is 4.21 Å². The summed E-state index contributed by atoms with van der Waals surface area (Å²) in [6, 6.07) is 8.42. The highest BCUT2D eigenvalue weighted by atomic mass is 32.2. The zero-order chi connectivity index (χ0) is 11.4. The Hall–Kier alpha value is -0.870. The van der Waals surface area contributed by atoms with E-state index >= 15 is 0 Å². The summed E-state index contributed by atoms with van der Waals surface area (Å²) < 4.78 is 11.2. The summed E-state index contributed by atoms with van der Waals surface area (Å²) in [5.41, 5.74) is 7.86. The van der Waals surface area contributed by atoms with E-state index in [9.17, 15) is 4.21 Å². The monoisotopic (exact) mass is 238 g/mol. The molecule has 1 aromatic carbocycles. The van der Waals surface area contributed by atoms with Gasteiger partial charge in [0.15, 0.2) is 0 Å². The normalized spacial score (nSPS) is 25.5. The third-order valence-corrected chi connectivity index (χ3v) is 4.41. The minimum Gasteiger partial charge on any atom is -0.398 e. The average molecular weight is 238 g/mol. The fourth-order valence-corrected chi connectivity index (χ4v) is 3.25. The molecule has 1 aromatic rings. The highest BCUT2D eigenvalue weighted by molar-refractivity contribution is 7.85. The van der Waals surface area contributed by atoms with Gasteiger partial charge in [-0.2, -0.15) is 0 Å². The van der Waals surface area contributed by atoms with Crippen LogP contribution in [0.4, 0.5) is 5.69 Å². The Morgan fingerprint density at radius 3 is 2.69 bits per heavy atom. The first-order chi connectivity index (χ1) is 7.75. The van der Waals surface area contributed by atoms with Gasteiger partial charge in [0.05, 0.1) is 0 Å². The molecule has 1 aliphatic rings. The van der Waals surface area contributed by atoms with Crippen LogP contribution in [0.25, 0.3) is 0 Å². The molecule has 4 heteroatoms. The molecule has 1 saturated heterocycles. The van der Waals surface area contributed by atoms with Gasteiger partial charge in [0.25, 0.3) is 0 Å². The molecule has 88 valence electrons. The molecule has 2 rings (SSSR count). The molecule has 1 heterocycles. The van der Waals surface area contributed by atoms with Crippen molar-refractivity contribution in [2.75, 3.05) is 17.2 Å². The van der Waals surface area contributed by atoms with E-state index in [1.165, 1.54) is 0 Å². The Labute approximate surface area is 98.9 Å². The second kappa shape index (κ2) is 5.46. The van der Waals surface area contributed by atoms with Gasteiger partial charge in [0, 0.05) is 40.6 Å². The zero-order valence-electron chi connectivity index (χ0n) is 9.32. The third-order valence-electron chi connectivity index (χ3n) is 3.02. The SMILES string of the molecule is Nc1ccccc1CNC1CCS(=O)CC1. The van der Waals surface area contributed by atoms with E-state index in [1.54, 1.807) is 0 Å². The minimum absolute atomic E-state index is 0.498. The maximum Gasteiger partial charge on any atom is 0.0359 e. The average Bonchev–Trinajstić information content (AvgIpc) is 2.30. The van der Waals surface area contributed by atoms with Crippen molar-refractivity contribution in [2.24, 2.45) is 0 Å². The van der Waals surface area contributed by atoms with Gasteiger partial charge < -0.3 is 11.1 Å². The predicted octanol–water partition coefficient (Wildman–Crippen LogP) is 1.27. The highest BCUT2D eigenvalue weighted by Gasteiger charge is 2.17. The van der Waals surface area contributed by atoms with Crippen LogP contribution in [-0.2, 0) is 17.3 Å². The fourth-order valence-electron chi connectivity index (χ4n) is 1.95. The molecular weight excluding hydrogens is 220 g/mol. The highest BCUT2D eigenvalue weighted by Crippen LogP contribution is 2.13. The Morgan fingerprint density at radius 2 is 2.00 bits per heavy atom. The predicted molar refractivity (Wildman–Crippen MR) is 68.6 cm³/mol. The molecule has 0 bridgehead atoms. The van der Waals surface area contributed by atoms with E-state index in [0.29, 0.717) is 6.04 Å². The molecule has 3 N–H and O–H groups in total. The van der Waals surface area contributed by atoms with E-state index in [1.807, 2.05) is 24.3 Å². The Balaban J connectivity index is 1.84. The Morgan fingerprint density at radius 1 is 1.31 bits per heavy atom. The van der Waals surface area contributed by atoms with Gasteiger partial charge in [-0.15, -0.1) is 0 Å². The molecule has 0 aromatic heterocycles. The Bertz CT molecular complexity index is 371. The molecule has 1 fully saturated rings. The quantitative estimate of drug-likeness (QED) is 0.780. The van der Waals surface area contributed by atoms with Crippen molar-refractivity contribution in [1.29, 1.82) is 0 Å². The maximum absolute atomic E-state index is 11.2. The summed E-state index contributed by atoms with van der Waals surface area (Å²) in [7, 11) is -0.578. The number of hydrogen-bond acceptors (Lipinski definition) is 3. The molecule has 0 unspecified atom stereocenters. The second-order valence-corrected chi connectivity index (χ2v) is 5.90. The molecule has 0 amide bonds. The maximum atomic E-state index is 11.2. The van der Waals surface area contributed by atoms with Gasteiger partial charge >= 0.3 is 0 Å². The van der Waals surface area contributed by atoms with Crippen LogP contribution in [0.2, 0.25) is 0 Å². The van der Waals surface area contributed by atoms with Crippen molar-refractivity contribution in [3.8, 4) is 0 Å². The minimum atomic E-state index is -0.578. The third kappa shape index (κ3) is 3.06. The lowest BCUT2D eigenvalue weighted by molar-refractivity contribution is 0.475. The topological polar surface area (TPSA) is 55.1 Å². The van der Waals surface area contributed by atoms with Gasteiger partial charge in [0.2, 0.25) is 0 Å². The number of para-hydroxylation sites is 1. The summed E-state index contributed by atoms with van der Waals surface area (Å²) in [6.07, 6.45) is 2.03. The summed E-state index contributed by atoms with van der Waals surface area (Å²) in [5.74, 6) is 1.67. The van der Waals surface area contributed by atoms with Gasteiger partial charge in [-0.05, 0) is 24.5 Å². The molecule has 16 heavy (non-hydrogen) atoms. The number of anilines is 1. The summed E-state index contributed by atoms with van der Waals surface area (Å²) in [6.45, 7) is 0.809. The van der Waals surface area contributed by atoms with Crippen molar-refractivity contribution in [3.05, 3.63) is 29.8 Å². The number of rotatable bonds is 3. The van der Waals surface area contributed by atoms with Crippen LogP contribution < -0.4 is 11.1 Å². The number of nitrogens with one attached hydrogen (secondary N) is 1. The van der Waals surface area contributed by atoms with E-state index in [2.05, 4.69) is 5.32 Å². The molecule has 0 aliphatic carbocycles. The fraction of sp³-hybridized carbons (Fsp3) is 0.500. The van der Waals surface area contributed by atoms with Crippen LogP contribution in [0.5, 0.6) is 0 Å². The summed E-state index contributed by atoms with van der Waals surface area (Å²) in [5, 5.41) is 3.48. The van der Waals surface area contributed by atoms with E-state index in [-0.39, 0.29) is 0 Å². The van der Waals surface area contributed by atoms with Crippen molar-refractivity contribution >= 4 is 16.5 Å². The van der Waals surface area contributed by atoms with Gasteiger partial charge in [-0.1, -0.05) is 18.2 Å². The zero-order valence-corrected chi connectivity index (χ0v) is 10.1. The standard InChI is InChI=1S/C12H18N2OS/c13-12-4-2-1-3-10(12)9-14-11-5-7-16(15)8-6-11/h1-4,11,14H,5-9,13H2. The molecule has 0 saturated carbocycles. The van der Waals surface area contributed by atoms with Crippen molar-refractivity contribution in [3.63, 3.8) is 0 Å². The molecule has 3 nitrogen and oxygen atoms in total.